The fraction of sp³-hybridized carbons (Fsp3) is 0.953. The molecule has 0 amide bonds. The highest BCUT2D eigenvalue weighted by Crippen LogP contribution is 2.76. The lowest BCUT2D eigenvalue weighted by Gasteiger charge is -2.72. The summed E-state index contributed by atoms with van der Waals surface area (Å²) in [5.74, 6) is -2.04. The van der Waals surface area contributed by atoms with Crippen molar-refractivity contribution in [3.8, 4) is 0 Å². The van der Waals surface area contributed by atoms with Gasteiger partial charge in [-0.1, -0.05) is 53.2 Å². The summed E-state index contributed by atoms with van der Waals surface area (Å²) in [7, 11) is 0. The standard InChI is InChI=1S/C64H104O32/c1-23-34(71)38(75)42(79)53(87-23)93-48-32(91-55-43(80)39(76)36(73)30(18-65)89-55)21-86-52(46(48)83)92-47-24(2)88-54(45(82)41(47)78)94-49-35(72)29(70)20-85-57(49)96-58(84)64-13-11-59(3,4)15-26(64)25-9-10-33-60(5)16-28(69)51(95-56-44(81)40(77)37(74)31(19-66)90-56)61(6,22-67)50(60)27(68)17-63(33,8)62(25,7)12-14-64/h9,23-24,26-57,65-83H,10-22H2,1-8H3/t23-,24-,26-,27+,28-,29-,30+,31+,32+,33-,34-,35-,36+,37+,38+,39-,40-,41-,42+,43+,44+,45+,46+,47-,48-,49+,50+,51-,52-,53-,54-,55-,56-,57-,60+,61-,62+,63+,64-/m0/s1. The molecule has 0 spiro atoms. The van der Waals surface area contributed by atoms with Crippen LogP contribution in [0.15, 0.2) is 11.6 Å². The number of hydrogen-bond donors (Lipinski definition) is 19. The average Bonchev–Trinajstić information content (AvgIpc) is 0.669. The first-order valence-electron chi connectivity index (χ1n) is 33.7. The molecule has 4 saturated carbocycles. The lowest BCUT2D eigenvalue weighted by Crippen LogP contribution is -2.72. The van der Waals surface area contributed by atoms with E-state index in [-0.39, 0.29) is 24.2 Å². The first kappa shape index (κ1) is 75.2. The molecule has 11 rings (SSSR count). The van der Waals surface area contributed by atoms with Crippen molar-refractivity contribution in [3.05, 3.63) is 11.6 Å². The Kier molecular flexibility index (Phi) is 21.8. The maximum Gasteiger partial charge on any atom is 0.315 e. The zero-order chi connectivity index (χ0) is 70.2. The molecule has 32 heteroatoms. The van der Waals surface area contributed by atoms with E-state index in [1.54, 1.807) is 6.92 Å². The maximum atomic E-state index is 15.5. The number of carbonyl (C=O) groups is 1. The summed E-state index contributed by atoms with van der Waals surface area (Å²) < 4.78 is 71.6. The van der Waals surface area contributed by atoms with Gasteiger partial charge in [-0.3, -0.25) is 4.79 Å². The van der Waals surface area contributed by atoms with Crippen molar-refractivity contribution in [1.29, 1.82) is 0 Å². The highest BCUT2D eigenvalue weighted by atomic mass is 16.8. The van der Waals surface area contributed by atoms with Crippen molar-refractivity contribution >= 4 is 5.97 Å². The zero-order valence-electron chi connectivity index (χ0n) is 55.2. The van der Waals surface area contributed by atoms with Gasteiger partial charge in [-0.05, 0) is 98.7 Å². The molecular formula is C64H104O32. The van der Waals surface area contributed by atoms with Crippen LogP contribution in [-0.2, 0) is 61.6 Å². The van der Waals surface area contributed by atoms with Gasteiger partial charge in [0.1, 0.15) is 116 Å². The molecule has 0 radical (unpaired) electrons. The third-order valence-corrected chi connectivity index (χ3v) is 24.8. The van der Waals surface area contributed by atoms with E-state index in [0.717, 1.165) is 5.57 Å². The average molecular weight is 1390 g/mol. The normalized spacial score (nSPS) is 55.9. The highest BCUT2D eigenvalue weighted by Gasteiger charge is 2.74. The quantitative estimate of drug-likeness (QED) is 0.0412. The molecule has 32 nitrogen and oxygen atoms in total. The summed E-state index contributed by atoms with van der Waals surface area (Å²) in [6.07, 6.45) is -46.3. The molecule has 11 aliphatic rings. The Labute approximate surface area is 555 Å². The SMILES string of the molecule is C[C@@H]1O[C@@H](O[C@@H]2[C@@H](O)[C@H](O[C@@H]3[C@@H](O)[C@@H](O)[C@H](O[C@H]4[C@H](OC(=O)[C@]56CCC(C)(C)C[C@H]5C5=CC[C@H]7[C@@]8(C)C[C@H](O)[C@H](O[C@@H]9O[C@H](CO)[C@@H](O)[C@H](O)[C@H]9O)[C@@](C)(CO)[C@@H]8[C@H](O)C[C@@]7(C)[C@]5(C)CC6)OC[C@H](O)[C@@H]4O)O[C@H]3C)OC[C@H]2O[C@@H]2O[C@H](CO)[C@@H](O)[C@H](O)[C@H]2O)[C@H](O)[C@H](O)[C@H]1O. The predicted molar refractivity (Wildman–Crippen MR) is 317 cm³/mol. The molecule has 0 aromatic rings. The number of carbonyl (C=O) groups excluding carboxylic acids is 1. The summed E-state index contributed by atoms with van der Waals surface area (Å²) in [5, 5.41) is 210. The molecule has 39 atom stereocenters. The molecule has 19 N–H and O–H groups in total. The largest absolute Gasteiger partial charge is 0.432 e. The Hall–Kier alpha value is -1.99. The summed E-state index contributed by atoms with van der Waals surface area (Å²) in [5.41, 5.74) is -4.08. The van der Waals surface area contributed by atoms with Crippen LogP contribution in [0.25, 0.3) is 0 Å². The number of hydrogen-bond acceptors (Lipinski definition) is 32. The number of esters is 1. The molecule has 0 unspecified atom stereocenters. The van der Waals surface area contributed by atoms with E-state index < -0.39 is 268 Å². The number of fused-ring (bicyclic) bond motifs is 7. The Bertz CT molecular complexity index is 2710. The Balaban J connectivity index is 0.795. The monoisotopic (exact) mass is 1380 g/mol. The van der Waals surface area contributed by atoms with Gasteiger partial charge in [0.15, 0.2) is 37.6 Å². The predicted octanol–water partition coefficient (Wildman–Crippen LogP) is -6.14. The first-order chi connectivity index (χ1) is 45.0. The number of allylic oxidation sites excluding steroid dienone is 2. The smallest absolute Gasteiger partial charge is 0.315 e. The molecule has 0 aromatic carbocycles. The molecule has 6 heterocycles. The van der Waals surface area contributed by atoms with Gasteiger partial charge in [0, 0.05) is 11.3 Å². The highest BCUT2D eigenvalue weighted by molar-refractivity contribution is 5.79. The van der Waals surface area contributed by atoms with E-state index in [4.69, 9.17) is 56.8 Å². The van der Waals surface area contributed by atoms with Crippen LogP contribution in [0.5, 0.6) is 0 Å². The summed E-state index contributed by atoms with van der Waals surface area (Å²) in [4.78, 5) is 15.5. The van der Waals surface area contributed by atoms with Crippen molar-refractivity contribution in [3.63, 3.8) is 0 Å². The molecule has 0 aromatic heterocycles. The number of aliphatic hydroxyl groups excluding tert-OH is 19. The number of aliphatic hydroxyl groups is 19. The van der Waals surface area contributed by atoms with Gasteiger partial charge in [-0.2, -0.15) is 0 Å². The van der Waals surface area contributed by atoms with Gasteiger partial charge >= 0.3 is 5.97 Å². The van der Waals surface area contributed by atoms with E-state index in [1.165, 1.54) is 13.8 Å². The second-order valence-electron chi connectivity index (χ2n) is 31.1. The minimum absolute atomic E-state index is 0.0812. The van der Waals surface area contributed by atoms with Crippen LogP contribution in [-0.4, -0.2) is 326 Å². The van der Waals surface area contributed by atoms with Crippen LogP contribution in [0.1, 0.15) is 107 Å². The van der Waals surface area contributed by atoms with E-state index >= 15 is 4.79 Å². The van der Waals surface area contributed by atoms with E-state index in [1.807, 2.05) is 6.92 Å². The van der Waals surface area contributed by atoms with E-state index in [2.05, 4.69) is 33.8 Å². The molecule has 552 valence electrons. The molecule has 96 heavy (non-hydrogen) atoms. The third-order valence-electron chi connectivity index (χ3n) is 24.8. The Morgan fingerprint density at radius 2 is 1.02 bits per heavy atom. The Morgan fingerprint density at radius 1 is 0.490 bits per heavy atom. The van der Waals surface area contributed by atoms with Gasteiger partial charge in [-0.25, -0.2) is 0 Å². The van der Waals surface area contributed by atoms with Crippen LogP contribution < -0.4 is 0 Å². The number of rotatable bonds is 15. The second kappa shape index (κ2) is 27.9. The van der Waals surface area contributed by atoms with E-state index in [9.17, 15) is 97.0 Å². The van der Waals surface area contributed by atoms with Gasteiger partial charge in [0.05, 0.1) is 69.0 Å². The second-order valence-corrected chi connectivity index (χ2v) is 31.1. The molecule has 6 saturated heterocycles. The van der Waals surface area contributed by atoms with Crippen LogP contribution in [0.2, 0.25) is 0 Å². The zero-order valence-corrected chi connectivity index (χ0v) is 55.2. The molecule has 5 aliphatic carbocycles. The van der Waals surface area contributed by atoms with Gasteiger partial charge < -0.3 is 154 Å². The lowest BCUT2D eigenvalue weighted by atomic mass is 9.33. The van der Waals surface area contributed by atoms with Crippen LogP contribution in [0, 0.1) is 50.2 Å². The minimum Gasteiger partial charge on any atom is -0.432 e. The minimum atomic E-state index is -2.05. The third kappa shape index (κ3) is 12.6. The fourth-order valence-corrected chi connectivity index (χ4v) is 19.1. The summed E-state index contributed by atoms with van der Waals surface area (Å²) >= 11 is 0. The fourth-order valence-electron chi connectivity index (χ4n) is 19.1. The van der Waals surface area contributed by atoms with Gasteiger partial charge in [-0.15, -0.1) is 0 Å². The Morgan fingerprint density at radius 3 is 1.62 bits per heavy atom. The lowest BCUT2D eigenvalue weighted by molar-refractivity contribution is -0.389. The topological polar surface area (TPSA) is 512 Å². The first-order valence-corrected chi connectivity index (χ1v) is 33.7. The van der Waals surface area contributed by atoms with Crippen LogP contribution in [0.4, 0.5) is 0 Å². The van der Waals surface area contributed by atoms with Crippen LogP contribution in [0.3, 0.4) is 0 Å². The molecular weight excluding hydrogens is 1280 g/mol. The van der Waals surface area contributed by atoms with Crippen molar-refractivity contribution in [2.45, 2.75) is 297 Å². The molecule has 10 fully saturated rings. The van der Waals surface area contributed by atoms with Gasteiger partial charge in [0.2, 0.25) is 6.29 Å². The van der Waals surface area contributed by atoms with Gasteiger partial charge in [0.25, 0.3) is 0 Å². The number of ether oxygens (including phenoxy) is 12. The van der Waals surface area contributed by atoms with Crippen molar-refractivity contribution in [2.24, 2.45) is 50.2 Å². The maximum absolute atomic E-state index is 15.5. The molecule has 0 bridgehead atoms. The summed E-state index contributed by atoms with van der Waals surface area (Å²) in [6, 6.07) is 0. The van der Waals surface area contributed by atoms with E-state index in [0.29, 0.717) is 38.5 Å². The van der Waals surface area contributed by atoms with Crippen molar-refractivity contribution in [2.75, 3.05) is 33.0 Å². The summed E-state index contributed by atoms with van der Waals surface area (Å²) in [6.45, 7) is 11.8. The van der Waals surface area contributed by atoms with Crippen molar-refractivity contribution in [1.82, 2.24) is 0 Å². The van der Waals surface area contributed by atoms with Crippen LogP contribution >= 0.6 is 0 Å². The van der Waals surface area contributed by atoms with Crippen molar-refractivity contribution < 1.29 is 159 Å². The molecule has 6 aliphatic heterocycles.